The molecule has 1 aromatic rings. The first kappa shape index (κ1) is 14.1. The van der Waals surface area contributed by atoms with Crippen molar-refractivity contribution in [1.82, 2.24) is 0 Å². The minimum atomic E-state index is -2.83. The molecule has 0 amide bonds. The van der Waals surface area contributed by atoms with E-state index in [-0.39, 0.29) is 18.0 Å². The van der Waals surface area contributed by atoms with E-state index in [2.05, 4.69) is 0 Å². The number of nitrogens with two attached hydrogens (primary N) is 1. The molecular formula is C9H11ClF3NO. The molecular weight excluding hydrogens is 231 g/mol. The summed E-state index contributed by atoms with van der Waals surface area (Å²) in [7, 11) is 0. The number of phenolic OH excluding ortho intramolecular Hbond substituents is 1. The summed E-state index contributed by atoms with van der Waals surface area (Å²) in [6.45, 7) is 1.48. The van der Waals surface area contributed by atoms with E-state index in [4.69, 9.17) is 5.73 Å². The second-order valence-corrected chi connectivity index (χ2v) is 2.99. The van der Waals surface area contributed by atoms with Gasteiger partial charge in [0.05, 0.1) is 6.04 Å². The van der Waals surface area contributed by atoms with Crippen molar-refractivity contribution in [3.8, 4) is 5.75 Å². The largest absolute Gasteiger partial charge is 0.505 e. The Morgan fingerprint density at radius 2 is 1.87 bits per heavy atom. The Balaban J connectivity index is 0.00000196. The van der Waals surface area contributed by atoms with Crippen LogP contribution >= 0.6 is 12.4 Å². The monoisotopic (exact) mass is 241 g/mol. The Morgan fingerprint density at radius 1 is 1.33 bits per heavy atom. The zero-order valence-electron chi connectivity index (χ0n) is 7.88. The molecule has 0 aliphatic rings. The fourth-order valence-electron chi connectivity index (χ4n) is 1.23. The zero-order valence-corrected chi connectivity index (χ0v) is 8.69. The van der Waals surface area contributed by atoms with Gasteiger partial charge >= 0.3 is 0 Å². The van der Waals surface area contributed by atoms with Gasteiger partial charge in [-0.1, -0.05) is 6.07 Å². The van der Waals surface area contributed by atoms with E-state index in [1.165, 1.54) is 13.0 Å². The molecule has 0 unspecified atom stereocenters. The summed E-state index contributed by atoms with van der Waals surface area (Å²) < 4.78 is 37.3. The highest BCUT2D eigenvalue weighted by atomic mass is 35.5. The third-order valence-electron chi connectivity index (χ3n) is 1.99. The number of rotatable bonds is 2. The predicted molar refractivity (Wildman–Crippen MR) is 53.0 cm³/mol. The van der Waals surface area contributed by atoms with Crippen LogP contribution in [0.5, 0.6) is 5.75 Å². The summed E-state index contributed by atoms with van der Waals surface area (Å²) in [4.78, 5) is 0. The van der Waals surface area contributed by atoms with Crippen molar-refractivity contribution < 1.29 is 18.3 Å². The second kappa shape index (κ2) is 5.23. The molecule has 0 bridgehead atoms. The second-order valence-electron chi connectivity index (χ2n) is 2.99. The van der Waals surface area contributed by atoms with E-state index >= 15 is 0 Å². The number of halogens is 4. The third-order valence-corrected chi connectivity index (χ3v) is 1.99. The van der Waals surface area contributed by atoms with Gasteiger partial charge in [0, 0.05) is 5.56 Å². The maximum atomic E-state index is 12.8. The molecule has 15 heavy (non-hydrogen) atoms. The molecule has 3 N–H and O–H groups in total. The molecule has 0 heterocycles. The van der Waals surface area contributed by atoms with Gasteiger partial charge < -0.3 is 10.8 Å². The highest BCUT2D eigenvalue weighted by Crippen LogP contribution is 2.31. The van der Waals surface area contributed by atoms with E-state index in [9.17, 15) is 18.3 Å². The predicted octanol–water partition coefficient (Wildman–Crippen LogP) is 2.53. The summed E-state index contributed by atoms with van der Waals surface area (Å²) in [5, 5.41) is 9.21. The molecule has 2 nitrogen and oxygen atoms in total. The first-order chi connectivity index (χ1) is 6.45. The smallest absolute Gasteiger partial charge is 0.257 e. The van der Waals surface area contributed by atoms with Crippen LogP contribution in [0.4, 0.5) is 13.2 Å². The van der Waals surface area contributed by atoms with E-state index in [0.29, 0.717) is 5.56 Å². The Bertz CT molecular complexity index is 346. The lowest BCUT2D eigenvalue weighted by molar-refractivity contribution is 0.114. The number of aryl methyl sites for hydroxylation is 1. The minimum absolute atomic E-state index is 0. The summed E-state index contributed by atoms with van der Waals surface area (Å²) in [6.07, 6.45) is -2.83. The van der Waals surface area contributed by atoms with Gasteiger partial charge in [-0.15, -0.1) is 12.4 Å². The first-order valence-corrected chi connectivity index (χ1v) is 3.97. The van der Waals surface area contributed by atoms with Crippen LogP contribution in [0.2, 0.25) is 0 Å². The standard InChI is InChI=1S/C9H10F3NO.ClH/c1-4-2-3-5(10)8(14)6(4)7(13)9(11)12;/h2-3,7,9,14H,13H2,1H3;1H/t7-;/m0./s1. The number of hydrogen-bond donors (Lipinski definition) is 2. The third kappa shape index (κ3) is 2.76. The van der Waals surface area contributed by atoms with Crippen molar-refractivity contribution >= 4 is 12.4 Å². The van der Waals surface area contributed by atoms with Gasteiger partial charge in [-0.05, 0) is 18.6 Å². The normalized spacial score (nSPS) is 12.4. The molecule has 0 radical (unpaired) electrons. The Hall–Kier alpha value is -0.940. The molecule has 1 aromatic carbocycles. The van der Waals surface area contributed by atoms with Crippen LogP contribution in [0.3, 0.4) is 0 Å². The van der Waals surface area contributed by atoms with Gasteiger partial charge in [0.2, 0.25) is 0 Å². The summed E-state index contributed by atoms with van der Waals surface area (Å²) >= 11 is 0. The van der Waals surface area contributed by atoms with Gasteiger partial charge in [-0.3, -0.25) is 0 Å². The summed E-state index contributed by atoms with van der Waals surface area (Å²) in [5.41, 5.74) is 5.24. The summed E-state index contributed by atoms with van der Waals surface area (Å²) in [6, 6.07) is 0.643. The molecule has 0 spiro atoms. The lowest BCUT2D eigenvalue weighted by Gasteiger charge is -2.15. The molecule has 0 saturated heterocycles. The molecule has 1 rings (SSSR count). The first-order valence-electron chi connectivity index (χ1n) is 3.97. The lowest BCUT2D eigenvalue weighted by atomic mass is 10.0. The summed E-state index contributed by atoms with van der Waals surface area (Å²) in [5.74, 6) is -1.74. The Kier molecular flexibility index (Phi) is 4.90. The zero-order chi connectivity index (χ0) is 10.9. The lowest BCUT2D eigenvalue weighted by Crippen LogP contribution is -2.20. The van der Waals surface area contributed by atoms with E-state index < -0.39 is 24.0 Å². The fourth-order valence-corrected chi connectivity index (χ4v) is 1.23. The van der Waals surface area contributed by atoms with E-state index in [0.717, 1.165) is 6.07 Å². The highest BCUT2D eigenvalue weighted by Gasteiger charge is 2.24. The van der Waals surface area contributed by atoms with Crippen molar-refractivity contribution in [3.05, 3.63) is 29.1 Å². The van der Waals surface area contributed by atoms with Crippen LogP contribution < -0.4 is 5.73 Å². The fraction of sp³-hybridized carbons (Fsp3) is 0.333. The van der Waals surface area contributed by atoms with Crippen LogP contribution in [0, 0.1) is 12.7 Å². The van der Waals surface area contributed by atoms with Crippen molar-refractivity contribution in [2.24, 2.45) is 5.73 Å². The van der Waals surface area contributed by atoms with Crippen molar-refractivity contribution in [3.63, 3.8) is 0 Å². The number of aromatic hydroxyl groups is 1. The average Bonchev–Trinajstić information content (AvgIpc) is 2.12. The van der Waals surface area contributed by atoms with Crippen molar-refractivity contribution in [2.75, 3.05) is 0 Å². The highest BCUT2D eigenvalue weighted by molar-refractivity contribution is 5.85. The quantitative estimate of drug-likeness (QED) is 0.836. The Labute approximate surface area is 91.3 Å². The maximum Gasteiger partial charge on any atom is 0.257 e. The molecule has 0 saturated carbocycles. The minimum Gasteiger partial charge on any atom is -0.505 e. The van der Waals surface area contributed by atoms with Gasteiger partial charge in [-0.25, -0.2) is 13.2 Å². The van der Waals surface area contributed by atoms with Gasteiger partial charge in [-0.2, -0.15) is 0 Å². The molecule has 6 heteroatoms. The molecule has 0 fully saturated rings. The Morgan fingerprint density at radius 3 is 2.33 bits per heavy atom. The van der Waals surface area contributed by atoms with Crippen molar-refractivity contribution in [1.29, 1.82) is 0 Å². The van der Waals surface area contributed by atoms with E-state index in [1.54, 1.807) is 0 Å². The average molecular weight is 242 g/mol. The topological polar surface area (TPSA) is 46.2 Å². The van der Waals surface area contributed by atoms with Crippen LogP contribution in [-0.4, -0.2) is 11.5 Å². The molecule has 0 aliphatic heterocycles. The van der Waals surface area contributed by atoms with Gasteiger partial charge in [0.25, 0.3) is 6.43 Å². The number of alkyl halides is 2. The molecule has 1 atom stereocenters. The van der Waals surface area contributed by atoms with E-state index in [1.807, 2.05) is 0 Å². The van der Waals surface area contributed by atoms with Crippen molar-refractivity contribution in [2.45, 2.75) is 19.4 Å². The molecule has 0 aromatic heterocycles. The van der Waals surface area contributed by atoms with Crippen LogP contribution in [-0.2, 0) is 0 Å². The molecule has 86 valence electrons. The number of phenols is 1. The van der Waals surface area contributed by atoms with Gasteiger partial charge in [0.15, 0.2) is 11.6 Å². The SMILES string of the molecule is Cc1ccc(F)c(O)c1[C@H](N)C(F)F.Cl. The van der Waals surface area contributed by atoms with Crippen LogP contribution in [0.15, 0.2) is 12.1 Å². The number of hydrogen-bond acceptors (Lipinski definition) is 2. The number of benzene rings is 1. The van der Waals surface area contributed by atoms with Gasteiger partial charge in [0.1, 0.15) is 0 Å². The maximum absolute atomic E-state index is 12.8. The van der Waals surface area contributed by atoms with Crippen LogP contribution in [0.1, 0.15) is 17.2 Å². The van der Waals surface area contributed by atoms with Crippen LogP contribution in [0.25, 0.3) is 0 Å². The molecule has 0 aliphatic carbocycles.